The SMILES string of the molecule is CC(C)(C)c1cc(NC(=O)/C=C/c2ccc(Br)o2)n[nH]1. The van der Waals surface area contributed by atoms with Crippen molar-refractivity contribution in [3.05, 3.63) is 40.4 Å². The topological polar surface area (TPSA) is 70.9 Å². The van der Waals surface area contributed by atoms with Crippen molar-refractivity contribution >= 4 is 33.7 Å². The number of carbonyl (C=O) groups excluding carboxylic acids is 1. The van der Waals surface area contributed by atoms with Crippen LogP contribution in [-0.2, 0) is 10.2 Å². The van der Waals surface area contributed by atoms with E-state index >= 15 is 0 Å². The molecule has 5 nitrogen and oxygen atoms in total. The van der Waals surface area contributed by atoms with Gasteiger partial charge in [0.25, 0.3) is 0 Å². The number of amides is 1. The fourth-order valence-electron chi connectivity index (χ4n) is 1.51. The number of H-pyrrole nitrogens is 1. The maximum Gasteiger partial charge on any atom is 0.249 e. The third-order valence-electron chi connectivity index (χ3n) is 2.63. The quantitative estimate of drug-likeness (QED) is 0.838. The predicted molar refractivity (Wildman–Crippen MR) is 81.4 cm³/mol. The molecule has 0 radical (unpaired) electrons. The van der Waals surface area contributed by atoms with E-state index in [4.69, 9.17) is 4.42 Å². The second-order valence-corrected chi connectivity index (χ2v) is 6.16. The first-order chi connectivity index (χ1) is 9.34. The lowest BCUT2D eigenvalue weighted by Crippen LogP contribution is -2.11. The number of nitrogens with zero attached hydrogens (tertiary/aromatic N) is 1. The van der Waals surface area contributed by atoms with Gasteiger partial charge < -0.3 is 9.73 Å². The largest absolute Gasteiger partial charge is 0.450 e. The van der Waals surface area contributed by atoms with Crippen LogP contribution in [0.25, 0.3) is 6.08 Å². The molecule has 0 saturated carbocycles. The van der Waals surface area contributed by atoms with Gasteiger partial charge in [-0.2, -0.15) is 5.10 Å². The third-order valence-corrected chi connectivity index (χ3v) is 3.06. The Kier molecular flexibility index (Phi) is 4.13. The standard InChI is InChI=1S/C14H16BrN3O2/c1-14(2,3)10-8-12(18-17-10)16-13(19)7-5-9-4-6-11(15)20-9/h4-8H,1-3H3,(H2,16,17,18,19)/b7-5+. The number of carbonyl (C=O) groups is 1. The zero-order chi connectivity index (χ0) is 14.8. The number of aromatic nitrogens is 2. The Labute approximate surface area is 125 Å². The summed E-state index contributed by atoms with van der Waals surface area (Å²) in [6.45, 7) is 6.21. The van der Waals surface area contributed by atoms with Crippen LogP contribution in [0.3, 0.4) is 0 Å². The Bertz CT molecular complexity index is 635. The smallest absolute Gasteiger partial charge is 0.249 e. The molecule has 0 aliphatic heterocycles. The summed E-state index contributed by atoms with van der Waals surface area (Å²) >= 11 is 3.20. The van der Waals surface area contributed by atoms with E-state index in [9.17, 15) is 4.79 Å². The molecule has 0 saturated heterocycles. The van der Waals surface area contributed by atoms with Gasteiger partial charge in [0.15, 0.2) is 10.5 Å². The molecule has 0 atom stereocenters. The van der Waals surface area contributed by atoms with Crippen LogP contribution in [0, 0.1) is 0 Å². The monoisotopic (exact) mass is 337 g/mol. The first kappa shape index (κ1) is 14.6. The molecule has 6 heteroatoms. The minimum absolute atomic E-state index is 0.0355. The zero-order valence-corrected chi connectivity index (χ0v) is 13.1. The number of halogens is 1. The molecule has 2 heterocycles. The molecule has 20 heavy (non-hydrogen) atoms. The lowest BCUT2D eigenvalue weighted by atomic mass is 9.92. The van der Waals surface area contributed by atoms with Gasteiger partial charge in [0.2, 0.25) is 5.91 Å². The minimum atomic E-state index is -0.260. The van der Waals surface area contributed by atoms with E-state index in [-0.39, 0.29) is 11.3 Å². The molecule has 0 unspecified atom stereocenters. The average molecular weight is 338 g/mol. The fraction of sp³-hybridized carbons (Fsp3) is 0.286. The highest BCUT2D eigenvalue weighted by Gasteiger charge is 2.16. The first-order valence-corrected chi connectivity index (χ1v) is 6.94. The molecular weight excluding hydrogens is 322 g/mol. The van der Waals surface area contributed by atoms with E-state index in [2.05, 4.69) is 52.2 Å². The van der Waals surface area contributed by atoms with Crippen LogP contribution >= 0.6 is 15.9 Å². The first-order valence-electron chi connectivity index (χ1n) is 6.15. The Balaban J connectivity index is 1.98. The van der Waals surface area contributed by atoms with Crippen LogP contribution < -0.4 is 5.32 Å². The van der Waals surface area contributed by atoms with Crippen LogP contribution in [0.15, 0.2) is 33.4 Å². The minimum Gasteiger partial charge on any atom is -0.450 e. The second-order valence-electron chi connectivity index (χ2n) is 5.38. The van der Waals surface area contributed by atoms with Gasteiger partial charge in [-0.05, 0) is 34.1 Å². The van der Waals surface area contributed by atoms with Crippen molar-refractivity contribution in [3.8, 4) is 0 Å². The zero-order valence-electron chi connectivity index (χ0n) is 11.5. The summed E-state index contributed by atoms with van der Waals surface area (Å²) in [5.74, 6) is 0.846. The summed E-state index contributed by atoms with van der Waals surface area (Å²) in [5.41, 5.74) is 0.929. The maximum atomic E-state index is 11.7. The molecule has 0 aliphatic carbocycles. The van der Waals surface area contributed by atoms with Crippen molar-refractivity contribution in [2.24, 2.45) is 0 Å². The lowest BCUT2D eigenvalue weighted by Gasteiger charge is -2.14. The number of aromatic amines is 1. The average Bonchev–Trinajstić information content (AvgIpc) is 2.95. The summed E-state index contributed by atoms with van der Waals surface area (Å²) in [6, 6.07) is 5.36. The fourth-order valence-corrected chi connectivity index (χ4v) is 1.83. The summed E-state index contributed by atoms with van der Waals surface area (Å²) in [6.07, 6.45) is 2.99. The van der Waals surface area contributed by atoms with Crippen LogP contribution in [0.4, 0.5) is 5.82 Å². The van der Waals surface area contributed by atoms with Crippen LogP contribution in [-0.4, -0.2) is 16.1 Å². The van der Waals surface area contributed by atoms with Crippen molar-refractivity contribution in [2.75, 3.05) is 5.32 Å². The Hall–Kier alpha value is -1.82. The van der Waals surface area contributed by atoms with Gasteiger partial charge in [0.1, 0.15) is 5.76 Å². The molecule has 0 spiro atoms. The highest BCUT2D eigenvalue weighted by atomic mass is 79.9. The van der Waals surface area contributed by atoms with Gasteiger partial charge in [0, 0.05) is 23.3 Å². The Morgan fingerprint density at radius 2 is 2.20 bits per heavy atom. The molecule has 0 aromatic carbocycles. The molecule has 2 aromatic rings. The van der Waals surface area contributed by atoms with Crippen molar-refractivity contribution in [3.63, 3.8) is 0 Å². The molecule has 0 bridgehead atoms. The Morgan fingerprint density at radius 3 is 2.75 bits per heavy atom. The van der Waals surface area contributed by atoms with Crippen LogP contribution in [0.5, 0.6) is 0 Å². The van der Waals surface area contributed by atoms with E-state index < -0.39 is 0 Å². The van der Waals surface area contributed by atoms with Crippen molar-refractivity contribution in [1.29, 1.82) is 0 Å². The summed E-state index contributed by atoms with van der Waals surface area (Å²) in [4.78, 5) is 11.7. The summed E-state index contributed by atoms with van der Waals surface area (Å²) < 4.78 is 5.89. The van der Waals surface area contributed by atoms with Crippen LogP contribution in [0.2, 0.25) is 0 Å². The Morgan fingerprint density at radius 1 is 1.45 bits per heavy atom. The molecule has 106 valence electrons. The van der Waals surface area contributed by atoms with Gasteiger partial charge in [0.05, 0.1) is 0 Å². The van der Waals surface area contributed by atoms with Gasteiger partial charge >= 0.3 is 0 Å². The van der Waals surface area contributed by atoms with Crippen LogP contribution in [0.1, 0.15) is 32.2 Å². The molecular formula is C14H16BrN3O2. The van der Waals surface area contributed by atoms with E-state index in [0.717, 1.165) is 5.69 Å². The van der Waals surface area contributed by atoms with Gasteiger partial charge in [-0.15, -0.1) is 0 Å². The van der Waals surface area contributed by atoms with Crippen molar-refractivity contribution < 1.29 is 9.21 Å². The predicted octanol–water partition coefficient (Wildman–Crippen LogP) is 3.71. The van der Waals surface area contributed by atoms with E-state index in [0.29, 0.717) is 16.2 Å². The number of rotatable bonds is 3. The number of hydrogen-bond acceptors (Lipinski definition) is 3. The number of anilines is 1. The molecule has 0 fully saturated rings. The second kappa shape index (κ2) is 5.66. The highest BCUT2D eigenvalue weighted by molar-refractivity contribution is 9.10. The van der Waals surface area contributed by atoms with E-state index in [1.807, 2.05) is 6.07 Å². The highest BCUT2D eigenvalue weighted by Crippen LogP contribution is 2.22. The molecule has 2 rings (SSSR count). The van der Waals surface area contributed by atoms with Gasteiger partial charge in [-0.1, -0.05) is 20.8 Å². The molecule has 2 N–H and O–H groups in total. The molecule has 0 aliphatic rings. The summed E-state index contributed by atoms with van der Waals surface area (Å²) in [5, 5.41) is 9.66. The van der Waals surface area contributed by atoms with Crippen molar-refractivity contribution in [1.82, 2.24) is 10.2 Å². The summed E-state index contributed by atoms with van der Waals surface area (Å²) in [7, 11) is 0. The molecule has 1 amide bonds. The van der Waals surface area contributed by atoms with E-state index in [1.165, 1.54) is 6.08 Å². The molecule has 2 aromatic heterocycles. The maximum absolute atomic E-state index is 11.7. The van der Waals surface area contributed by atoms with Crippen molar-refractivity contribution in [2.45, 2.75) is 26.2 Å². The number of nitrogens with one attached hydrogen (secondary N) is 2. The third kappa shape index (κ3) is 3.84. The lowest BCUT2D eigenvalue weighted by molar-refractivity contribution is -0.111. The van der Waals surface area contributed by atoms with E-state index in [1.54, 1.807) is 18.2 Å². The van der Waals surface area contributed by atoms with Gasteiger partial charge in [-0.25, -0.2) is 0 Å². The number of hydrogen-bond donors (Lipinski definition) is 2. The number of furan rings is 1. The van der Waals surface area contributed by atoms with Gasteiger partial charge in [-0.3, -0.25) is 9.89 Å². The normalized spacial score (nSPS) is 12.0.